The Kier molecular flexibility index (Phi) is 4.66. The number of anilines is 1. The van der Waals surface area contributed by atoms with Crippen LogP contribution in [0.25, 0.3) is 0 Å². The summed E-state index contributed by atoms with van der Waals surface area (Å²) >= 11 is 0. The SMILES string of the molecule is COc1ccc(NCCCn2ccnc2)c(OC)c1. The molecule has 0 saturated carbocycles. The third-order valence-electron chi connectivity index (χ3n) is 2.88. The van der Waals surface area contributed by atoms with Crippen molar-refractivity contribution in [1.82, 2.24) is 9.55 Å². The summed E-state index contributed by atoms with van der Waals surface area (Å²) in [5.41, 5.74) is 0.980. The molecule has 0 aliphatic carbocycles. The van der Waals surface area contributed by atoms with Crippen LogP contribution >= 0.6 is 0 Å². The highest BCUT2D eigenvalue weighted by Crippen LogP contribution is 2.28. The lowest BCUT2D eigenvalue weighted by molar-refractivity contribution is 0.395. The third kappa shape index (κ3) is 3.64. The maximum Gasteiger partial charge on any atom is 0.145 e. The van der Waals surface area contributed by atoms with Gasteiger partial charge in [-0.15, -0.1) is 0 Å². The molecule has 102 valence electrons. The Balaban J connectivity index is 1.85. The van der Waals surface area contributed by atoms with Gasteiger partial charge in [0.15, 0.2) is 0 Å². The second-order valence-corrected chi connectivity index (χ2v) is 4.15. The fourth-order valence-corrected chi connectivity index (χ4v) is 1.85. The molecule has 1 aromatic heterocycles. The van der Waals surface area contributed by atoms with Crippen molar-refractivity contribution >= 4 is 5.69 Å². The van der Waals surface area contributed by atoms with E-state index in [1.807, 2.05) is 30.7 Å². The molecule has 0 saturated heterocycles. The van der Waals surface area contributed by atoms with Gasteiger partial charge in [0.1, 0.15) is 11.5 Å². The van der Waals surface area contributed by atoms with Crippen molar-refractivity contribution in [2.24, 2.45) is 0 Å². The van der Waals surface area contributed by atoms with Crippen molar-refractivity contribution in [2.45, 2.75) is 13.0 Å². The number of imidazole rings is 1. The lowest BCUT2D eigenvalue weighted by Crippen LogP contribution is -2.06. The number of rotatable bonds is 7. The first-order chi connectivity index (χ1) is 9.33. The van der Waals surface area contributed by atoms with E-state index in [9.17, 15) is 0 Å². The number of methoxy groups -OCH3 is 2. The van der Waals surface area contributed by atoms with E-state index in [-0.39, 0.29) is 0 Å². The molecule has 0 spiro atoms. The Bertz CT molecular complexity index is 497. The smallest absolute Gasteiger partial charge is 0.145 e. The number of benzene rings is 1. The predicted molar refractivity (Wildman–Crippen MR) is 74.9 cm³/mol. The third-order valence-corrected chi connectivity index (χ3v) is 2.88. The van der Waals surface area contributed by atoms with Gasteiger partial charge in [-0.2, -0.15) is 0 Å². The van der Waals surface area contributed by atoms with Crippen molar-refractivity contribution in [1.29, 1.82) is 0 Å². The summed E-state index contributed by atoms with van der Waals surface area (Å²) in [6, 6.07) is 5.76. The summed E-state index contributed by atoms with van der Waals surface area (Å²) in [6.07, 6.45) is 6.60. The number of aryl methyl sites for hydroxylation is 1. The largest absolute Gasteiger partial charge is 0.497 e. The van der Waals surface area contributed by atoms with E-state index in [0.29, 0.717) is 0 Å². The predicted octanol–water partition coefficient (Wildman–Crippen LogP) is 2.40. The maximum atomic E-state index is 5.33. The van der Waals surface area contributed by atoms with Gasteiger partial charge in [0.05, 0.1) is 26.2 Å². The van der Waals surface area contributed by atoms with E-state index in [4.69, 9.17) is 9.47 Å². The molecule has 1 aromatic carbocycles. The summed E-state index contributed by atoms with van der Waals surface area (Å²) in [5.74, 6) is 1.59. The first kappa shape index (κ1) is 13.3. The molecule has 1 heterocycles. The summed E-state index contributed by atoms with van der Waals surface area (Å²) in [6.45, 7) is 1.83. The standard InChI is InChI=1S/C14H19N3O2/c1-18-12-4-5-13(14(10-12)19-2)16-6-3-8-17-9-7-15-11-17/h4-5,7,9-11,16H,3,6,8H2,1-2H3. The lowest BCUT2D eigenvalue weighted by Gasteiger charge is -2.12. The van der Waals surface area contributed by atoms with Crippen LogP contribution < -0.4 is 14.8 Å². The van der Waals surface area contributed by atoms with E-state index >= 15 is 0 Å². The van der Waals surface area contributed by atoms with Crippen LogP contribution in [0, 0.1) is 0 Å². The van der Waals surface area contributed by atoms with Crippen LogP contribution in [0.5, 0.6) is 11.5 Å². The van der Waals surface area contributed by atoms with Crippen molar-refractivity contribution in [3.8, 4) is 11.5 Å². The van der Waals surface area contributed by atoms with Crippen LogP contribution in [-0.2, 0) is 6.54 Å². The molecule has 0 aliphatic heterocycles. The number of nitrogens with one attached hydrogen (secondary N) is 1. The minimum absolute atomic E-state index is 0.792. The molecule has 0 aliphatic rings. The van der Waals surface area contributed by atoms with Crippen LogP contribution in [-0.4, -0.2) is 30.3 Å². The second-order valence-electron chi connectivity index (χ2n) is 4.15. The van der Waals surface area contributed by atoms with Gasteiger partial charge in [0.25, 0.3) is 0 Å². The summed E-state index contributed by atoms with van der Waals surface area (Å²) < 4.78 is 12.6. The fraction of sp³-hybridized carbons (Fsp3) is 0.357. The van der Waals surface area contributed by atoms with Crippen LogP contribution in [0.4, 0.5) is 5.69 Å². The van der Waals surface area contributed by atoms with Gasteiger partial charge >= 0.3 is 0 Å². The molecular weight excluding hydrogens is 242 g/mol. The van der Waals surface area contributed by atoms with Crippen molar-refractivity contribution in [3.63, 3.8) is 0 Å². The van der Waals surface area contributed by atoms with Gasteiger partial charge in [0, 0.05) is 31.5 Å². The van der Waals surface area contributed by atoms with Crippen LogP contribution in [0.2, 0.25) is 0 Å². The highest BCUT2D eigenvalue weighted by Gasteiger charge is 2.03. The molecule has 2 aromatic rings. The second kappa shape index (κ2) is 6.68. The molecule has 0 radical (unpaired) electrons. The maximum absolute atomic E-state index is 5.33. The molecule has 0 amide bonds. The first-order valence-electron chi connectivity index (χ1n) is 6.25. The number of ether oxygens (including phenoxy) is 2. The number of nitrogens with zero attached hydrogens (tertiary/aromatic N) is 2. The van der Waals surface area contributed by atoms with Crippen LogP contribution in [0.1, 0.15) is 6.42 Å². The highest BCUT2D eigenvalue weighted by molar-refractivity contribution is 5.59. The normalized spacial score (nSPS) is 10.2. The Hall–Kier alpha value is -2.17. The quantitative estimate of drug-likeness (QED) is 0.777. The molecule has 0 bridgehead atoms. The molecule has 5 heteroatoms. The van der Waals surface area contributed by atoms with Gasteiger partial charge in [-0.1, -0.05) is 0 Å². The molecule has 0 atom stereocenters. The summed E-state index contributed by atoms with van der Waals surface area (Å²) in [7, 11) is 3.30. The minimum Gasteiger partial charge on any atom is -0.497 e. The highest BCUT2D eigenvalue weighted by atomic mass is 16.5. The van der Waals surface area contributed by atoms with Crippen molar-refractivity contribution in [3.05, 3.63) is 36.9 Å². The van der Waals surface area contributed by atoms with Gasteiger partial charge in [-0.25, -0.2) is 4.98 Å². The number of aromatic nitrogens is 2. The summed E-state index contributed by atoms with van der Waals surface area (Å²) in [5, 5.41) is 3.36. The Morgan fingerprint density at radius 1 is 1.26 bits per heavy atom. The zero-order valence-electron chi connectivity index (χ0n) is 11.3. The zero-order valence-corrected chi connectivity index (χ0v) is 11.3. The van der Waals surface area contributed by atoms with E-state index in [1.54, 1.807) is 20.4 Å². The molecule has 1 N–H and O–H groups in total. The van der Waals surface area contributed by atoms with E-state index in [0.717, 1.165) is 36.7 Å². The van der Waals surface area contributed by atoms with Crippen molar-refractivity contribution < 1.29 is 9.47 Å². The average Bonchev–Trinajstić information content (AvgIpc) is 2.96. The monoisotopic (exact) mass is 261 g/mol. The van der Waals surface area contributed by atoms with E-state index < -0.39 is 0 Å². The number of hydrogen-bond donors (Lipinski definition) is 1. The van der Waals surface area contributed by atoms with Crippen molar-refractivity contribution in [2.75, 3.05) is 26.1 Å². The number of hydrogen-bond acceptors (Lipinski definition) is 4. The Morgan fingerprint density at radius 2 is 2.16 bits per heavy atom. The Morgan fingerprint density at radius 3 is 2.84 bits per heavy atom. The van der Waals surface area contributed by atoms with Gasteiger partial charge < -0.3 is 19.4 Å². The molecule has 19 heavy (non-hydrogen) atoms. The van der Waals surface area contributed by atoms with Crippen LogP contribution in [0.3, 0.4) is 0 Å². The minimum atomic E-state index is 0.792. The molecule has 0 unspecified atom stereocenters. The van der Waals surface area contributed by atoms with Gasteiger partial charge in [-0.05, 0) is 18.6 Å². The fourth-order valence-electron chi connectivity index (χ4n) is 1.85. The van der Waals surface area contributed by atoms with E-state index in [1.165, 1.54) is 0 Å². The lowest BCUT2D eigenvalue weighted by atomic mass is 10.2. The van der Waals surface area contributed by atoms with Crippen LogP contribution in [0.15, 0.2) is 36.9 Å². The van der Waals surface area contributed by atoms with Gasteiger partial charge in [-0.3, -0.25) is 0 Å². The average molecular weight is 261 g/mol. The topological polar surface area (TPSA) is 48.3 Å². The molecular formula is C14H19N3O2. The van der Waals surface area contributed by atoms with E-state index in [2.05, 4.69) is 14.9 Å². The summed E-state index contributed by atoms with van der Waals surface area (Å²) in [4.78, 5) is 4.01. The van der Waals surface area contributed by atoms with Gasteiger partial charge in [0.2, 0.25) is 0 Å². The molecule has 2 rings (SSSR count). The molecule has 0 fully saturated rings. The first-order valence-corrected chi connectivity index (χ1v) is 6.25. The Labute approximate surface area is 113 Å². The zero-order chi connectivity index (χ0) is 13.5. The molecule has 5 nitrogen and oxygen atoms in total.